The van der Waals surface area contributed by atoms with Crippen molar-refractivity contribution in [2.75, 3.05) is 0 Å². The molecule has 3 heterocycles. The zero-order chi connectivity index (χ0) is 25.6. The minimum Gasteiger partial charge on any atom is -0.456 e. The Balaban J connectivity index is 1.38. The number of fused-ring (bicyclic) bond motifs is 3. The quantitative estimate of drug-likeness (QED) is 0.300. The highest BCUT2D eigenvalue weighted by molar-refractivity contribution is 5.81. The van der Waals surface area contributed by atoms with E-state index < -0.39 is 5.76 Å². The van der Waals surface area contributed by atoms with Crippen molar-refractivity contribution in [1.82, 2.24) is 19.7 Å². The minimum atomic E-state index is -0.592. The van der Waals surface area contributed by atoms with E-state index in [-0.39, 0.29) is 5.92 Å². The monoisotopic (exact) mass is 504 g/mol. The molecule has 1 atom stereocenters. The lowest BCUT2D eigenvalue weighted by Gasteiger charge is -2.19. The van der Waals surface area contributed by atoms with Gasteiger partial charge in [0.15, 0.2) is 5.82 Å². The molecule has 1 aliphatic heterocycles. The molecule has 0 bridgehead atoms. The number of aromatic amines is 1. The average molecular weight is 505 g/mol. The normalized spacial score (nSPS) is 17.7. The fourth-order valence-corrected chi connectivity index (χ4v) is 5.73. The van der Waals surface area contributed by atoms with Gasteiger partial charge in [-0.05, 0) is 60.6 Å². The molecule has 2 aliphatic rings. The van der Waals surface area contributed by atoms with Crippen LogP contribution in [0.25, 0.3) is 22.9 Å². The summed E-state index contributed by atoms with van der Waals surface area (Å²) < 4.78 is 13.7. The number of hydrogen-bond donors (Lipinski definition) is 1. The number of H-pyrrole nitrogens is 1. The molecule has 1 saturated carbocycles. The summed E-state index contributed by atoms with van der Waals surface area (Å²) in [5.41, 5.74) is 6.78. The predicted molar refractivity (Wildman–Crippen MR) is 146 cm³/mol. The third kappa shape index (κ3) is 4.04. The van der Waals surface area contributed by atoms with Crippen molar-refractivity contribution in [2.24, 2.45) is 5.92 Å². The third-order valence-electron chi connectivity index (χ3n) is 7.56. The first-order chi connectivity index (χ1) is 18.7. The van der Waals surface area contributed by atoms with Gasteiger partial charge in [-0.3, -0.25) is 9.51 Å². The summed E-state index contributed by atoms with van der Waals surface area (Å²) in [5, 5.41) is 3.87. The van der Waals surface area contributed by atoms with Crippen LogP contribution in [0.3, 0.4) is 0 Å². The Morgan fingerprint density at radius 2 is 1.89 bits per heavy atom. The van der Waals surface area contributed by atoms with Crippen LogP contribution in [-0.2, 0) is 13.0 Å². The highest BCUT2D eigenvalue weighted by Crippen LogP contribution is 2.52. The van der Waals surface area contributed by atoms with Crippen LogP contribution in [0.2, 0.25) is 0 Å². The average Bonchev–Trinajstić information content (AvgIpc) is 3.62. The zero-order valence-electron chi connectivity index (χ0n) is 21.2. The molecule has 190 valence electrons. The Morgan fingerprint density at radius 3 is 2.71 bits per heavy atom. The van der Waals surface area contributed by atoms with Crippen LogP contribution in [0.4, 0.5) is 0 Å². The lowest BCUT2D eigenvalue weighted by Crippen LogP contribution is -2.08. The van der Waals surface area contributed by atoms with Crippen molar-refractivity contribution in [3.8, 4) is 5.75 Å². The van der Waals surface area contributed by atoms with Crippen LogP contribution >= 0.6 is 0 Å². The molecule has 5 aromatic rings. The van der Waals surface area contributed by atoms with Crippen molar-refractivity contribution in [3.63, 3.8) is 0 Å². The first-order valence-corrected chi connectivity index (χ1v) is 13.3. The molecule has 0 radical (unpaired) electrons. The van der Waals surface area contributed by atoms with Crippen LogP contribution in [0.1, 0.15) is 66.0 Å². The van der Waals surface area contributed by atoms with E-state index in [0.717, 1.165) is 46.6 Å². The number of ether oxygens (including phenoxy) is 1. The topological polar surface area (TPSA) is 85.9 Å². The van der Waals surface area contributed by atoms with Gasteiger partial charge in [0, 0.05) is 36.1 Å². The summed E-state index contributed by atoms with van der Waals surface area (Å²) in [6, 6.07) is 23.3. The van der Waals surface area contributed by atoms with E-state index in [4.69, 9.17) is 14.2 Å². The minimum absolute atomic E-state index is 0.252. The zero-order valence-corrected chi connectivity index (χ0v) is 21.2. The second kappa shape index (κ2) is 9.17. The van der Waals surface area contributed by atoms with Gasteiger partial charge in [-0.1, -0.05) is 54.5 Å². The third-order valence-corrected chi connectivity index (χ3v) is 7.56. The van der Waals surface area contributed by atoms with Crippen molar-refractivity contribution in [3.05, 3.63) is 111 Å². The number of para-hydroxylation sites is 3. The maximum absolute atomic E-state index is 11.7. The first kappa shape index (κ1) is 22.8. The Kier molecular flexibility index (Phi) is 5.50. The van der Waals surface area contributed by atoms with Crippen LogP contribution in [0.5, 0.6) is 5.75 Å². The lowest BCUT2D eigenvalue weighted by molar-refractivity contribution is 0.385. The van der Waals surface area contributed by atoms with Gasteiger partial charge in [-0.25, -0.2) is 9.78 Å². The molecule has 2 aromatic heterocycles. The number of benzene rings is 3. The maximum atomic E-state index is 11.7. The van der Waals surface area contributed by atoms with Crippen LogP contribution in [0.15, 0.2) is 76.0 Å². The van der Waals surface area contributed by atoms with Crippen molar-refractivity contribution >= 4 is 22.9 Å². The number of aromatic nitrogens is 4. The van der Waals surface area contributed by atoms with Gasteiger partial charge in [-0.15, -0.1) is 0 Å². The van der Waals surface area contributed by atoms with Gasteiger partial charge >= 0.3 is 5.76 Å². The fourth-order valence-electron chi connectivity index (χ4n) is 5.73. The Labute approximate surface area is 219 Å². The van der Waals surface area contributed by atoms with E-state index in [1.807, 2.05) is 18.2 Å². The van der Waals surface area contributed by atoms with Crippen molar-refractivity contribution in [1.29, 1.82) is 0 Å². The standard InChI is InChI=1S/C31H28N4O3/c1-2-7-29-32-24-9-4-5-10-25(24)35(29)18-19-12-15-21-23(16-19)27(17-28-33-31(36)38-34-28)37-26-11-6-3-8-22(26)30(21)20-13-14-20/h3-6,8-12,15-17,20,30H,2,7,13-14,18H2,1H3,(H,33,34,36)/b27-17+. The molecular weight excluding hydrogens is 476 g/mol. The second-order valence-corrected chi connectivity index (χ2v) is 10.2. The lowest BCUT2D eigenvalue weighted by atomic mass is 9.83. The van der Waals surface area contributed by atoms with Gasteiger partial charge in [0.05, 0.1) is 11.0 Å². The number of nitrogens with one attached hydrogen (secondary N) is 1. The highest BCUT2D eigenvalue weighted by Gasteiger charge is 2.38. The summed E-state index contributed by atoms with van der Waals surface area (Å²) in [7, 11) is 0. The number of nitrogens with zero attached hydrogens (tertiary/aromatic N) is 3. The smallest absolute Gasteiger partial charge is 0.439 e. The number of imidazole rings is 1. The Morgan fingerprint density at radius 1 is 1.05 bits per heavy atom. The van der Waals surface area contributed by atoms with Gasteiger partial charge < -0.3 is 9.30 Å². The Bertz CT molecular complexity index is 1740. The molecule has 3 aromatic carbocycles. The summed E-state index contributed by atoms with van der Waals surface area (Å²) in [5.74, 6) is 3.16. The first-order valence-electron chi connectivity index (χ1n) is 13.3. The largest absolute Gasteiger partial charge is 0.456 e. The highest BCUT2D eigenvalue weighted by atomic mass is 16.5. The summed E-state index contributed by atoms with van der Waals surface area (Å²) in [6.45, 7) is 2.89. The van der Waals surface area contributed by atoms with Crippen LogP contribution in [-0.4, -0.2) is 19.7 Å². The molecule has 38 heavy (non-hydrogen) atoms. The molecular formula is C31H28N4O3. The van der Waals surface area contributed by atoms with E-state index in [1.165, 1.54) is 24.0 Å². The molecule has 1 fully saturated rings. The summed E-state index contributed by atoms with van der Waals surface area (Å²) >= 11 is 0. The molecule has 1 N–H and O–H groups in total. The predicted octanol–water partition coefficient (Wildman–Crippen LogP) is 6.15. The molecule has 1 aliphatic carbocycles. The Hall–Kier alpha value is -4.39. The van der Waals surface area contributed by atoms with Gasteiger partial charge in [0.2, 0.25) is 0 Å². The SMILES string of the molecule is CCCc1nc2ccccc2n1Cc1ccc2c(c1)/C(=C\c1noc(=O)[nH]1)Oc1ccccc1C2C1CC1. The summed E-state index contributed by atoms with van der Waals surface area (Å²) in [4.78, 5) is 19.2. The van der Waals surface area contributed by atoms with E-state index in [1.54, 1.807) is 6.08 Å². The van der Waals surface area contributed by atoms with Gasteiger partial charge in [0.25, 0.3) is 0 Å². The van der Waals surface area contributed by atoms with Crippen LogP contribution in [0, 0.1) is 5.92 Å². The molecule has 7 nitrogen and oxygen atoms in total. The number of hydrogen-bond acceptors (Lipinski definition) is 5. The molecule has 7 rings (SSSR count). The van der Waals surface area contributed by atoms with Crippen LogP contribution < -0.4 is 10.5 Å². The maximum Gasteiger partial charge on any atom is 0.439 e. The van der Waals surface area contributed by atoms with Gasteiger partial charge in [-0.2, -0.15) is 0 Å². The molecule has 0 spiro atoms. The van der Waals surface area contributed by atoms with Gasteiger partial charge in [0.1, 0.15) is 17.3 Å². The second-order valence-electron chi connectivity index (χ2n) is 10.2. The van der Waals surface area contributed by atoms with E-state index in [9.17, 15) is 4.79 Å². The fraction of sp³-hybridized carbons (Fsp3) is 0.258. The molecule has 0 saturated heterocycles. The van der Waals surface area contributed by atoms with Crippen molar-refractivity contribution < 1.29 is 9.26 Å². The number of aryl methyl sites for hydroxylation is 1. The summed E-state index contributed by atoms with van der Waals surface area (Å²) in [6.07, 6.45) is 6.13. The molecule has 0 amide bonds. The van der Waals surface area contributed by atoms with E-state index in [0.29, 0.717) is 24.0 Å². The number of rotatable bonds is 6. The van der Waals surface area contributed by atoms with E-state index >= 15 is 0 Å². The molecule has 1 unspecified atom stereocenters. The van der Waals surface area contributed by atoms with E-state index in [2.05, 4.69) is 70.2 Å². The molecule has 7 heteroatoms. The van der Waals surface area contributed by atoms with Crippen molar-refractivity contribution in [2.45, 2.75) is 45.1 Å².